The van der Waals surface area contributed by atoms with Gasteiger partial charge in [0.15, 0.2) is 5.82 Å². The lowest BCUT2D eigenvalue weighted by Gasteiger charge is -2.25. The molecule has 0 aliphatic heterocycles. The largest absolute Gasteiger partial charge is 0.355 e. The molecule has 1 rings (SSSR count). The number of nitrogens with zero attached hydrogens (tertiary/aromatic N) is 3. The molecule has 1 heterocycles. The Labute approximate surface area is 111 Å². The fraction of sp³-hybridized carbons (Fsp3) is 0.714. The van der Waals surface area contributed by atoms with Crippen LogP contribution in [0.4, 0.5) is 5.82 Å². The van der Waals surface area contributed by atoms with Crippen LogP contribution in [0.2, 0.25) is 0 Å². The maximum absolute atomic E-state index is 4.30. The predicted octanol–water partition coefficient (Wildman–Crippen LogP) is 2.60. The van der Waals surface area contributed by atoms with E-state index in [1.165, 1.54) is 12.8 Å². The van der Waals surface area contributed by atoms with E-state index in [4.69, 9.17) is 0 Å². The van der Waals surface area contributed by atoms with Crippen molar-refractivity contribution in [2.24, 2.45) is 0 Å². The van der Waals surface area contributed by atoms with Crippen molar-refractivity contribution in [1.29, 1.82) is 0 Å². The summed E-state index contributed by atoms with van der Waals surface area (Å²) in [6.07, 6.45) is 2.37. The number of hydrogen-bond donors (Lipinski definition) is 1. The summed E-state index contributed by atoms with van der Waals surface area (Å²) in [5.74, 6) is 0.948. The van der Waals surface area contributed by atoms with E-state index < -0.39 is 0 Å². The zero-order valence-corrected chi connectivity index (χ0v) is 12.3. The maximum Gasteiger partial charge on any atom is 0.151 e. The number of nitrogens with one attached hydrogen (secondary N) is 1. The molecule has 1 N–H and O–H groups in total. The molecular weight excluding hydrogens is 224 g/mol. The van der Waals surface area contributed by atoms with Gasteiger partial charge in [-0.15, -0.1) is 5.10 Å². The summed E-state index contributed by atoms with van der Waals surface area (Å²) in [7, 11) is 2.08. The molecule has 4 heteroatoms. The van der Waals surface area contributed by atoms with Crippen molar-refractivity contribution in [2.45, 2.75) is 59.2 Å². The summed E-state index contributed by atoms with van der Waals surface area (Å²) in [4.78, 5) is 2.19. The Hall–Kier alpha value is -1.16. The molecule has 102 valence electrons. The van der Waals surface area contributed by atoms with Crippen molar-refractivity contribution in [3.63, 3.8) is 0 Å². The zero-order chi connectivity index (χ0) is 13.5. The van der Waals surface area contributed by atoms with Gasteiger partial charge >= 0.3 is 0 Å². The first-order valence-electron chi connectivity index (χ1n) is 6.83. The number of rotatable bonds is 7. The van der Waals surface area contributed by atoms with Gasteiger partial charge in [0.2, 0.25) is 0 Å². The normalized spacial score (nSPS) is 12.8. The van der Waals surface area contributed by atoms with Gasteiger partial charge in [-0.05, 0) is 25.5 Å². The zero-order valence-electron chi connectivity index (χ0n) is 12.3. The molecule has 0 saturated heterocycles. The minimum Gasteiger partial charge on any atom is -0.355 e. The van der Waals surface area contributed by atoms with Crippen molar-refractivity contribution in [3.05, 3.63) is 17.8 Å². The standard InChI is InChI=1S/C14H26N4/c1-6-7-12(4)18(5)14-9-8-13(16-17-14)10-15-11(2)3/h8-9,11-12,15H,6-7,10H2,1-5H3. The Morgan fingerprint density at radius 2 is 1.94 bits per heavy atom. The van der Waals surface area contributed by atoms with Gasteiger partial charge in [-0.1, -0.05) is 27.2 Å². The van der Waals surface area contributed by atoms with Crippen LogP contribution in [-0.2, 0) is 6.54 Å². The van der Waals surface area contributed by atoms with Gasteiger partial charge in [0.25, 0.3) is 0 Å². The van der Waals surface area contributed by atoms with Crippen LogP contribution in [0.3, 0.4) is 0 Å². The average Bonchev–Trinajstić information content (AvgIpc) is 2.36. The highest BCUT2D eigenvalue weighted by Crippen LogP contribution is 2.13. The molecule has 0 aromatic carbocycles. The molecular formula is C14H26N4. The molecule has 4 nitrogen and oxygen atoms in total. The van der Waals surface area contributed by atoms with E-state index in [0.29, 0.717) is 12.1 Å². The second kappa shape index (κ2) is 7.31. The lowest BCUT2D eigenvalue weighted by Crippen LogP contribution is -2.29. The summed E-state index contributed by atoms with van der Waals surface area (Å²) < 4.78 is 0. The molecule has 0 radical (unpaired) electrons. The van der Waals surface area contributed by atoms with Crippen LogP contribution < -0.4 is 10.2 Å². The third-order valence-electron chi connectivity index (χ3n) is 3.13. The minimum absolute atomic E-state index is 0.471. The fourth-order valence-electron chi connectivity index (χ4n) is 1.78. The van der Waals surface area contributed by atoms with Crippen LogP contribution in [0.15, 0.2) is 12.1 Å². The van der Waals surface area contributed by atoms with Crippen LogP contribution in [0, 0.1) is 0 Å². The Morgan fingerprint density at radius 1 is 1.22 bits per heavy atom. The van der Waals surface area contributed by atoms with Crippen molar-refractivity contribution in [1.82, 2.24) is 15.5 Å². The smallest absolute Gasteiger partial charge is 0.151 e. The first-order chi connectivity index (χ1) is 8.54. The van der Waals surface area contributed by atoms with Crippen LogP contribution in [0.25, 0.3) is 0 Å². The second-order valence-corrected chi connectivity index (χ2v) is 5.17. The van der Waals surface area contributed by atoms with E-state index in [1.54, 1.807) is 0 Å². The van der Waals surface area contributed by atoms with Gasteiger partial charge in [0, 0.05) is 25.7 Å². The summed E-state index contributed by atoms with van der Waals surface area (Å²) in [6.45, 7) is 9.46. The molecule has 1 unspecified atom stereocenters. The van der Waals surface area contributed by atoms with Crippen LogP contribution in [0.5, 0.6) is 0 Å². The molecule has 18 heavy (non-hydrogen) atoms. The molecule has 0 saturated carbocycles. The van der Waals surface area contributed by atoms with Crippen LogP contribution in [0.1, 0.15) is 46.2 Å². The first-order valence-corrected chi connectivity index (χ1v) is 6.83. The highest BCUT2D eigenvalue weighted by molar-refractivity contribution is 5.37. The monoisotopic (exact) mass is 250 g/mol. The van der Waals surface area contributed by atoms with E-state index in [2.05, 4.69) is 61.2 Å². The molecule has 1 aromatic rings. The number of anilines is 1. The average molecular weight is 250 g/mol. The van der Waals surface area contributed by atoms with E-state index in [1.807, 2.05) is 6.07 Å². The van der Waals surface area contributed by atoms with Crippen molar-refractivity contribution < 1.29 is 0 Å². The van der Waals surface area contributed by atoms with Crippen molar-refractivity contribution in [3.8, 4) is 0 Å². The highest BCUT2D eigenvalue weighted by Gasteiger charge is 2.10. The first kappa shape index (κ1) is 14.9. The van der Waals surface area contributed by atoms with Crippen LogP contribution >= 0.6 is 0 Å². The third kappa shape index (κ3) is 4.61. The van der Waals surface area contributed by atoms with Gasteiger partial charge in [-0.25, -0.2) is 0 Å². The molecule has 0 amide bonds. The Morgan fingerprint density at radius 3 is 2.44 bits per heavy atom. The predicted molar refractivity (Wildman–Crippen MR) is 76.8 cm³/mol. The third-order valence-corrected chi connectivity index (χ3v) is 3.13. The SMILES string of the molecule is CCCC(C)N(C)c1ccc(CNC(C)C)nn1. The summed E-state index contributed by atoms with van der Waals surface area (Å²) in [6, 6.07) is 5.08. The summed E-state index contributed by atoms with van der Waals surface area (Å²) >= 11 is 0. The minimum atomic E-state index is 0.471. The van der Waals surface area contributed by atoms with Crippen LogP contribution in [-0.4, -0.2) is 29.3 Å². The number of hydrogen-bond acceptors (Lipinski definition) is 4. The molecule has 0 fully saturated rings. The molecule has 0 aliphatic carbocycles. The molecule has 1 aromatic heterocycles. The van der Waals surface area contributed by atoms with Crippen molar-refractivity contribution >= 4 is 5.82 Å². The number of aromatic nitrogens is 2. The summed E-state index contributed by atoms with van der Waals surface area (Å²) in [5.41, 5.74) is 0.990. The quantitative estimate of drug-likeness (QED) is 0.807. The Kier molecular flexibility index (Phi) is 6.05. The van der Waals surface area contributed by atoms with E-state index in [0.717, 1.165) is 18.1 Å². The maximum atomic E-state index is 4.30. The second-order valence-electron chi connectivity index (χ2n) is 5.17. The highest BCUT2D eigenvalue weighted by atomic mass is 15.3. The topological polar surface area (TPSA) is 41.0 Å². The van der Waals surface area contributed by atoms with Gasteiger partial charge in [-0.3, -0.25) is 0 Å². The Bertz CT molecular complexity index is 334. The van der Waals surface area contributed by atoms with Gasteiger partial charge < -0.3 is 10.2 Å². The van der Waals surface area contributed by atoms with E-state index >= 15 is 0 Å². The van der Waals surface area contributed by atoms with Gasteiger partial charge in [0.05, 0.1) is 5.69 Å². The molecule has 0 spiro atoms. The lowest BCUT2D eigenvalue weighted by atomic mass is 10.2. The lowest BCUT2D eigenvalue weighted by molar-refractivity contribution is 0.574. The van der Waals surface area contributed by atoms with E-state index in [-0.39, 0.29) is 0 Å². The van der Waals surface area contributed by atoms with Crippen molar-refractivity contribution in [2.75, 3.05) is 11.9 Å². The molecule has 0 aliphatic rings. The Balaban J connectivity index is 2.58. The molecule has 0 bridgehead atoms. The van der Waals surface area contributed by atoms with Gasteiger partial charge in [-0.2, -0.15) is 5.10 Å². The molecule has 1 atom stereocenters. The fourth-order valence-corrected chi connectivity index (χ4v) is 1.78. The van der Waals surface area contributed by atoms with E-state index in [9.17, 15) is 0 Å². The van der Waals surface area contributed by atoms with Gasteiger partial charge in [0.1, 0.15) is 0 Å². The summed E-state index contributed by atoms with van der Waals surface area (Å²) in [5, 5.41) is 11.9.